The van der Waals surface area contributed by atoms with Crippen LogP contribution < -0.4 is 0 Å². The first kappa shape index (κ1) is 88.4. The first-order chi connectivity index (χ1) is 52.9. The predicted octanol–water partition coefficient (Wildman–Crippen LogP) is -5.85. The van der Waals surface area contributed by atoms with Crippen molar-refractivity contribution in [2.45, 2.75) is 342 Å². The van der Waals surface area contributed by atoms with Crippen LogP contribution in [0.15, 0.2) is 11.6 Å². The second-order valence-electron chi connectivity index (χ2n) is 34.8. The summed E-state index contributed by atoms with van der Waals surface area (Å²) in [5.41, 5.74) is -5.40. The number of carboxylic acids is 1. The first-order valence-electron chi connectivity index (χ1n) is 38.8. The number of allylic oxidation sites excluding steroid dienone is 2. The van der Waals surface area contributed by atoms with Crippen LogP contribution in [-0.4, -0.2) is 363 Å². The van der Waals surface area contributed by atoms with Crippen LogP contribution in [0.3, 0.4) is 0 Å². The average molecular weight is 1630 g/mol. The molecule has 0 radical (unpaired) electrons. The van der Waals surface area contributed by atoms with Crippen LogP contribution in [0.25, 0.3) is 0 Å². The summed E-state index contributed by atoms with van der Waals surface area (Å²) in [5, 5.41) is 200. The maximum absolute atomic E-state index is 16.3. The summed E-state index contributed by atoms with van der Waals surface area (Å²) in [6, 6.07) is 0. The summed E-state index contributed by atoms with van der Waals surface area (Å²) in [5.74, 6) is -6.15. The molecule has 0 unspecified atom stereocenters. The second kappa shape index (κ2) is 33.6. The molecule has 39 heteroatoms. The van der Waals surface area contributed by atoms with E-state index in [-0.39, 0.29) is 25.2 Å². The standard InChI is InChI=1S/C74H114O39/c1-26-53(107-61-47(89)40(82)32(79)22-99-61)46(88)51(93)63(101-26)112-59-57(110-65-50(92)45(87)43(85)35(105-65)24-98-28(3)77)54(103-29(4)78)27(2)102-66(59)113-68(97)74-18-17-69(5,6)19-31(74)30-11-12-37-70(7)15-14-39(71(8,25-76)36(70)13-16-72(37,9)73(30,10)20-38(74)81)106-67-58(111-64-49(91)44(86)42(84)34(21-75)104-64)55(52(94)56(109-67)60(95)96)108-62-48(90)41(83)33(80)23-100-62/h11,25-27,31-59,61-67,75,79-94H,12-24H2,1-10H3,(H,95,96)/t26-,27+,31-,32+,33+,34+,35+,36+,37+,38+,39-,40-,41-,42-,43+,44-,45-,46-,47+,48+,49+,50+,51+,52-,53-,54-,55-,56-,57-,58+,59+,61-,62-,63-,64-,65-,66-,67+,70-,71-,72+,73+,74+/m0/s1. The van der Waals surface area contributed by atoms with Gasteiger partial charge in [0.15, 0.2) is 56.1 Å². The van der Waals surface area contributed by atoms with Crippen molar-refractivity contribution in [3.63, 3.8) is 0 Å². The number of hydrogen-bond acceptors (Lipinski definition) is 38. The highest BCUT2D eigenvalue weighted by molar-refractivity contribution is 5.80. The van der Waals surface area contributed by atoms with Gasteiger partial charge in [-0.05, 0) is 111 Å². The van der Waals surface area contributed by atoms with Crippen molar-refractivity contribution >= 4 is 30.2 Å². The number of carbonyl (C=O) groups is 5. The molecule has 39 nitrogen and oxygen atoms in total. The molecule has 0 aromatic heterocycles. The Bertz CT molecular complexity index is 3390. The van der Waals surface area contributed by atoms with E-state index >= 15 is 4.79 Å². The van der Waals surface area contributed by atoms with Crippen molar-refractivity contribution in [3.8, 4) is 0 Å². The van der Waals surface area contributed by atoms with E-state index in [0.717, 1.165) is 25.7 Å². The van der Waals surface area contributed by atoms with Crippen molar-refractivity contribution in [2.24, 2.45) is 50.2 Å². The molecule has 0 amide bonds. The molecule has 18 N–H and O–H groups in total. The average Bonchev–Trinajstić information content (AvgIpc) is 0.669. The zero-order valence-electron chi connectivity index (χ0n) is 64.4. The molecule has 7 saturated heterocycles. The minimum absolute atomic E-state index is 0.0274. The summed E-state index contributed by atoms with van der Waals surface area (Å²) in [6.07, 6.45) is -59.7. The molecule has 4 saturated carbocycles. The van der Waals surface area contributed by atoms with Crippen LogP contribution in [0.4, 0.5) is 0 Å². The van der Waals surface area contributed by atoms with E-state index in [1.165, 1.54) is 13.8 Å². The van der Waals surface area contributed by atoms with Gasteiger partial charge in [-0.15, -0.1) is 0 Å². The Morgan fingerprint density at radius 1 is 0.496 bits per heavy atom. The molecule has 11 fully saturated rings. The van der Waals surface area contributed by atoms with Gasteiger partial charge in [0.05, 0.1) is 49.7 Å². The number of rotatable bonds is 20. The van der Waals surface area contributed by atoms with Gasteiger partial charge in [-0.3, -0.25) is 14.4 Å². The molecule has 7 heterocycles. The lowest BCUT2D eigenvalue weighted by atomic mass is 9.33. The van der Waals surface area contributed by atoms with E-state index in [1.807, 2.05) is 13.8 Å². The van der Waals surface area contributed by atoms with E-state index in [4.69, 9.17) is 75.8 Å². The van der Waals surface area contributed by atoms with Gasteiger partial charge in [0.2, 0.25) is 6.29 Å². The molecule has 12 aliphatic rings. The Hall–Kier alpha value is -3.91. The number of fused-ring (bicyclic) bond motifs is 7. The lowest BCUT2D eigenvalue weighted by Crippen LogP contribution is -2.70. The molecule has 43 atom stereocenters. The second-order valence-corrected chi connectivity index (χ2v) is 34.8. The lowest BCUT2D eigenvalue weighted by molar-refractivity contribution is -0.392. The fraction of sp³-hybridized carbons (Fsp3) is 0.905. The van der Waals surface area contributed by atoms with Gasteiger partial charge in [0.1, 0.15) is 146 Å². The number of hydrogen-bond donors (Lipinski definition) is 18. The van der Waals surface area contributed by atoms with E-state index in [9.17, 15) is 111 Å². The molecule has 113 heavy (non-hydrogen) atoms. The van der Waals surface area contributed by atoms with E-state index in [0.29, 0.717) is 38.5 Å². The monoisotopic (exact) mass is 1630 g/mol. The van der Waals surface area contributed by atoms with Crippen molar-refractivity contribution in [1.29, 1.82) is 0 Å². The van der Waals surface area contributed by atoms with Gasteiger partial charge in [-0.1, -0.05) is 53.2 Å². The molecule has 0 aromatic carbocycles. The van der Waals surface area contributed by atoms with Gasteiger partial charge in [0.25, 0.3) is 0 Å². The van der Waals surface area contributed by atoms with Crippen molar-refractivity contribution in [1.82, 2.24) is 0 Å². The Morgan fingerprint density at radius 2 is 1.02 bits per heavy atom. The quantitative estimate of drug-likeness (QED) is 0.0177. The number of aliphatic hydroxyl groups is 17. The zero-order valence-corrected chi connectivity index (χ0v) is 64.4. The number of carbonyl (C=O) groups excluding carboxylic acids is 4. The zero-order chi connectivity index (χ0) is 82.7. The molecule has 0 aromatic rings. The molecule has 12 rings (SSSR count). The smallest absolute Gasteiger partial charge is 0.335 e. The fourth-order valence-corrected chi connectivity index (χ4v) is 20.8. The molecular weight excluding hydrogens is 1510 g/mol. The predicted molar refractivity (Wildman–Crippen MR) is 367 cm³/mol. The molecule has 0 spiro atoms. The van der Waals surface area contributed by atoms with Crippen molar-refractivity contribution in [3.05, 3.63) is 11.6 Å². The minimum Gasteiger partial charge on any atom is -0.479 e. The van der Waals surface area contributed by atoms with E-state index < -0.39 is 310 Å². The van der Waals surface area contributed by atoms with Crippen LogP contribution in [0.2, 0.25) is 0 Å². The van der Waals surface area contributed by atoms with E-state index in [2.05, 4.69) is 26.8 Å². The summed E-state index contributed by atoms with van der Waals surface area (Å²) < 4.78 is 96.9. The van der Waals surface area contributed by atoms with Crippen LogP contribution in [0.1, 0.15) is 127 Å². The first-order valence-corrected chi connectivity index (χ1v) is 38.8. The van der Waals surface area contributed by atoms with Crippen LogP contribution >= 0.6 is 0 Å². The minimum atomic E-state index is -2.25. The van der Waals surface area contributed by atoms with E-state index in [1.54, 1.807) is 6.92 Å². The summed E-state index contributed by atoms with van der Waals surface area (Å²) in [4.78, 5) is 69.0. The third-order valence-electron chi connectivity index (χ3n) is 27.4. The van der Waals surface area contributed by atoms with Crippen LogP contribution in [0, 0.1) is 50.2 Å². The van der Waals surface area contributed by atoms with Gasteiger partial charge in [-0.2, -0.15) is 0 Å². The van der Waals surface area contributed by atoms with Gasteiger partial charge >= 0.3 is 23.9 Å². The molecule has 5 aliphatic carbocycles. The number of ether oxygens (including phenoxy) is 16. The third-order valence-corrected chi connectivity index (χ3v) is 27.4. The number of carboxylic acid groups (broad SMARTS) is 1. The maximum atomic E-state index is 16.3. The van der Waals surface area contributed by atoms with Crippen molar-refractivity contribution in [2.75, 3.05) is 26.4 Å². The summed E-state index contributed by atoms with van der Waals surface area (Å²) >= 11 is 0. The summed E-state index contributed by atoms with van der Waals surface area (Å²) in [7, 11) is 0. The highest BCUT2D eigenvalue weighted by atomic mass is 16.8. The highest BCUT2D eigenvalue weighted by Gasteiger charge is 2.73. The highest BCUT2D eigenvalue weighted by Crippen LogP contribution is 2.76. The fourth-order valence-electron chi connectivity index (χ4n) is 20.8. The maximum Gasteiger partial charge on any atom is 0.335 e. The molecule has 0 bridgehead atoms. The Kier molecular flexibility index (Phi) is 26.3. The summed E-state index contributed by atoms with van der Waals surface area (Å²) in [6.45, 7) is 14.2. The van der Waals surface area contributed by atoms with Crippen molar-refractivity contribution < 1.29 is 192 Å². The molecular formula is C74H114O39. The Labute approximate surface area is 650 Å². The normalized spacial score (nSPS) is 52.5. The van der Waals surface area contributed by atoms with Crippen LogP contribution in [-0.2, 0) is 99.8 Å². The Morgan fingerprint density at radius 3 is 1.59 bits per heavy atom. The number of aldehydes is 1. The molecule has 7 aliphatic heterocycles. The number of aliphatic carboxylic acids is 1. The van der Waals surface area contributed by atoms with Gasteiger partial charge < -0.3 is 173 Å². The molecule has 644 valence electrons. The van der Waals surface area contributed by atoms with Gasteiger partial charge in [-0.25, -0.2) is 4.79 Å². The largest absolute Gasteiger partial charge is 0.479 e. The van der Waals surface area contributed by atoms with Gasteiger partial charge in [0, 0.05) is 13.8 Å². The van der Waals surface area contributed by atoms with Crippen LogP contribution in [0.5, 0.6) is 0 Å². The topological polar surface area (TPSA) is 597 Å². The SMILES string of the molecule is CC(=O)OC[C@H]1O[C@@H](O[C@H]2[C@@H](OC(C)=O)[C@@H](C)O[C@@H](OC(=O)[C@]34CCC(C)(C)C[C@H]3C3=CC[C@@H]5[C@@]6(C)CC[C@H](O[C@@H]7O[C@H](C(=O)O)[C@@H](O)[C@H](O[C@@H]8OC[C@@H](O)[C@H](O)[C@H]8O)[C@H]7O[C@@H]7O[C@H](CO)[C@H](O)[C@H](O)[C@H]7O)[C@@](C)(C=O)[C@@H]6CC[C@@]5(C)[C@]3(C)C[C@H]4O)[C@@H]2O[C@@H]2O[C@@H](C)[C@H](O[C@@H]3OC[C@@H](O)[C@H](O)[C@H]3O)[C@@H](O)[C@H]2O)[C@H](O)[C@@H](O)[C@@H]1O. The third kappa shape index (κ3) is 15.8. The number of esters is 3. The number of aliphatic hydroxyl groups excluding tert-OH is 17. The lowest BCUT2D eigenvalue weighted by Gasteiger charge is -2.71. The Balaban J connectivity index is 0.855.